The van der Waals surface area contributed by atoms with Gasteiger partial charge < -0.3 is 10.0 Å². The maximum absolute atomic E-state index is 10.8. The molecule has 1 aliphatic carbocycles. The summed E-state index contributed by atoms with van der Waals surface area (Å²) >= 11 is 1.31. The summed E-state index contributed by atoms with van der Waals surface area (Å²) in [5, 5.41) is 10.8. The second-order valence-electron chi connectivity index (χ2n) is 4.86. The van der Waals surface area contributed by atoms with E-state index in [4.69, 9.17) is 5.11 Å². The molecule has 0 aromatic carbocycles. The van der Waals surface area contributed by atoms with E-state index in [0.717, 1.165) is 18.2 Å². The number of carbonyl (C=O) groups is 1. The lowest BCUT2D eigenvalue weighted by molar-refractivity contribution is 0.0702. The van der Waals surface area contributed by atoms with E-state index in [2.05, 4.69) is 11.9 Å². The summed E-state index contributed by atoms with van der Waals surface area (Å²) < 4.78 is 0. The fourth-order valence-corrected chi connectivity index (χ4v) is 3.29. The van der Waals surface area contributed by atoms with Crippen molar-refractivity contribution in [1.82, 2.24) is 0 Å². The van der Waals surface area contributed by atoms with Crippen LogP contribution in [0.5, 0.6) is 0 Å². The van der Waals surface area contributed by atoms with Crippen LogP contribution in [0.25, 0.3) is 0 Å². The number of carboxylic acid groups (broad SMARTS) is 1. The molecule has 1 fully saturated rings. The molecule has 1 saturated carbocycles. The van der Waals surface area contributed by atoms with E-state index < -0.39 is 5.97 Å². The summed E-state index contributed by atoms with van der Waals surface area (Å²) in [6.07, 6.45) is 6.72. The minimum absolute atomic E-state index is 0.426. The fourth-order valence-electron chi connectivity index (χ4n) is 2.50. The van der Waals surface area contributed by atoms with Crippen LogP contribution in [0.15, 0.2) is 11.4 Å². The van der Waals surface area contributed by atoms with Gasteiger partial charge in [0.15, 0.2) is 0 Å². The third-order valence-corrected chi connectivity index (χ3v) is 4.40. The maximum Gasteiger partial charge on any atom is 0.345 e. The van der Waals surface area contributed by atoms with E-state index in [9.17, 15) is 4.79 Å². The molecule has 0 atom stereocenters. The Hall–Kier alpha value is -1.03. The molecule has 17 heavy (non-hydrogen) atoms. The number of carboxylic acids is 1. The molecule has 1 aliphatic rings. The average molecular weight is 253 g/mol. The highest BCUT2D eigenvalue weighted by Gasteiger charge is 2.17. The van der Waals surface area contributed by atoms with Crippen LogP contribution in [0.1, 0.15) is 41.8 Å². The second kappa shape index (κ2) is 5.54. The number of thiophene rings is 1. The van der Waals surface area contributed by atoms with Gasteiger partial charge in [-0.3, -0.25) is 0 Å². The van der Waals surface area contributed by atoms with Crippen molar-refractivity contribution in [3.8, 4) is 0 Å². The molecule has 1 heterocycles. The zero-order valence-electron chi connectivity index (χ0n) is 10.2. The summed E-state index contributed by atoms with van der Waals surface area (Å²) in [4.78, 5) is 13.4. The Labute approximate surface area is 106 Å². The predicted octanol–water partition coefficient (Wildman–Crippen LogP) is 3.46. The molecular weight excluding hydrogens is 234 g/mol. The smallest absolute Gasteiger partial charge is 0.345 e. The van der Waals surface area contributed by atoms with Crippen molar-refractivity contribution in [2.24, 2.45) is 5.92 Å². The molecule has 1 N–H and O–H groups in total. The molecule has 1 aromatic rings. The first-order valence-electron chi connectivity index (χ1n) is 6.20. The quantitative estimate of drug-likeness (QED) is 0.893. The summed E-state index contributed by atoms with van der Waals surface area (Å²) in [6, 6.07) is 1.77. The standard InChI is InChI=1S/C13H19NO2S/c1-14(8-10-5-3-2-4-6-10)11-7-12(13(15)16)17-9-11/h7,9-10H,2-6,8H2,1H3,(H,15,16). The summed E-state index contributed by atoms with van der Waals surface area (Å²) in [6.45, 7) is 1.05. The molecule has 0 saturated heterocycles. The van der Waals surface area contributed by atoms with E-state index in [1.54, 1.807) is 6.07 Å². The van der Waals surface area contributed by atoms with Gasteiger partial charge in [0.25, 0.3) is 0 Å². The van der Waals surface area contributed by atoms with Crippen LogP contribution in [-0.2, 0) is 0 Å². The zero-order chi connectivity index (χ0) is 12.3. The van der Waals surface area contributed by atoms with Gasteiger partial charge in [-0.1, -0.05) is 19.3 Å². The summed E-state index contributed by atoms with van der Waals surface area (Å²) in [5.74, 6) is -0.0470. The van der Waals surface area contributed by atoms with Crippen molar-refractivity contribution in [3.05, 3.63) is 16.3 Å². The highest BCUT2D eigenvalue weighted by atomic mass is 32.1. The van der Waals surface area contributed by atoms with Crippen molar-refractivity contribution < 1.29 is 9.90 Å². The molecule has 1 aromatic heterocycles. The van der Waals surface area contributed by atoms with Gasteiger partial charge in [-0.15, -0.1) is 11.3 Å². The van der Waals surface area contributed by atoms with Gasteiger partial charge >= 0.3 is 5.97 Å². The topological polar surface area (TPSA) is 40.5 Å². The lowest BCUT2D eigenvalue weighted by Crippen LogP contribution is -2.26. The Morgan fingerprint density at radius 3 is 2.76 bits per heavy atom. The Balaban J connectivity index is 1.93. The van der Waals surface area contributed by atoms with Crippen LogP contribution < -0.4 is 4.90 Å². The van der Waals surface area contributed by atoms with Gasteiger partial charge in [-0.2, -0.15) is 0 Å². The molecule has 0 amide bonds. The Morgan fingerprint density at radius 2 is 2.18 bits per heavy atom. The number of nitrogens with zero attached hydrogens (tertiary/aromatic N) is 1. The minimum Gasteiger partial charge on any atom is -0.477 e. The van der Waals surface area contributed by atoms with Crippen LogP contribution >= 0.6 is 11.3 Å². The van der Waals surface area contributed by atoms with Crippen LogP contribution in [-0.4, -0.2) is 24.7 Å². The van der Waals surface area contributed by atoms with Crippen LogP contribution in [0.4, 0.5) is 5.69 Å². The zero-order valence-corrected chi connectivity index (χ0v) is 11.0. The lowest BCUT2D eigenvalue weighted by Gasteiger charge is -2.27. The highest BCUT2D eigenvalue weighted by Crippen LogP contribution is 2.27. The van der Waals surface area contributed by atoms with Gasteiger partial charge in [-0.25, -0.2) is 4.79 Å². The molecule has 0 unspecified atom stereocenters. The normalized spacial score (nSPS) is 17.0. The largest absolute Gasteiger partial charge is 0.477 e. The van der Waals surface area contributed by atoms with E-state index in [0.29, 0.717) is 4.88 Å². The lowest BCUT2D eigenvalue weighted by atomic mass is 9.89. The van der Waals surface area contributed by atoms with Crippen molar-refractivity contribution in [2.75, 3.05) is 18.5 Å². The number of hydrogen-bond acceptors (Lipinski definition) is 3. The highest BCUT2D eigenvalue weighted by molar-refractivity contribution is 7.12. The van der Waals surface area contributed by atoms with Gasteiger partial charge in [0.1, 0.15) is 4.88 Å². The van der Waals surface area contributed by atoms with Crippen LogP contribution in [0.2, 0.25) is 0 Å². The SMILES string of the molecule is CN(CC1CCCCC1)c1csc(C(=O)O)c1. The van der Waals surface area contributed by atoms with Crippen LogP contribution in [0, 0.1) is 5.92 Å². The van der Waals surface area contributed by atoms with Gasteiger partial charge in [0, 0.05) is 24.7 Å². The summed E-state index contributed by atoms with van der Waals surface area (Å²) in [5.41, 5.74) is 1.04. The van der Waals surface area contributed by atoms with E-state index >= 15 is 0 Å². The van der Waals surface area contributed by atoms with Crippen molar-refractivity contribution in [3.63, 3.8) is 0 Å². The van der Waals surface area contributed by atoms with E-state index in [1.807, 2.05) is 5.38 Å². The van der Waals surface area contributed by atoms with Crippen molar-refractivity contribution in [2.45, 2.75) is 32.1 Å². The molecule has 4 heteroatoms. The maximum atomic E-state index is 10.8. The monoisotopic (exact) mass is 253 g/mol. The van der Waals surface area contributed by atoms with E-state index in [-0.39, 0.29) is 0 Å². The molecule has 0 spiro atoms. The van der Waals surface area contributed by atoms with Crippen molar-refractivity contribution in [1.29, 1.82) is 0 Å². The first-order chi connectivity index (χ1) is 8.16. The minimum atomic E-state index is -0.827. The molecule has 3 nitrogen and oxygen atoms in total. The molecule has 94 valence electrons. The first-order valence-corrected chi connectivity index (χ1v) is 7.08. The van der Waals surface area contributed by atoms with Gasteiger partial charge in [0.05, 0.1) is 0 Å². The third-order valence-electron chi connectivity index (χ3n) is 3.49. The van der Waals surface area contributed by atoms with Gasteiger partial charge in [-0.05, 0) is 24.8 Å². The number of hydrogen-bond donors (Lipinski definition) is 1. The van der Waals surface area contributed by atoms with E-state index in [1.165, 1.54) is 43.4 Å². The number of rotatable bonds is 4. The molecule has 0 radical (unpaired) electrons. The van der Waals surface area contributed by atoms with Gasteiger partial charge in [0.2, 0.25) is 0 Å². The predicted molar refractivity (Wildman–Crippen MR) is 71.1 cm³/mol. The van der Waals surface area contributed by atoms with Crippen LogP contribution in [0.3, 0.4) is 0 Å². The second-order valence-corrected chi connectivity index (χ2v) is 5.77. The molecule has 0 aliphatic heterocycles. The molecule has 0 bridgehead atoms. The Bertz CT molecular complexity index is 383. The molecule has 2 rings (SSSR count). The Kier molecular flexibility index (Phi) is 4.05. The summed E-state index contributed by atoms with van der Waals surface area (Å²) in [7, 11) is 2.06. The fraction of sp³-hybridized carbons (Fsp3) is 0.615. The first kappa shape index (κ1) is 12.4. The Morgan fingerprint density at radius 1 is 1.47 bits per heavy atom. The number of anilines is 1. The molecular formula is C13H19NO2S. The third kappa shape index (κ3) is 3.22. The number of aromatic carboxylic acids is 1. The average Bonchev–Trinajstić information content (AvgIpc) is 2.79. The van der Waals surface area contributed by atoms with Crippen molar-refractivity contribution >= 4 is 23.0 Å².